The first-order valence-electron chi connectivity index (χ1n) is 10.9. The van der Waals surface area contributed by atoms with Crippen LogP contribution < -0.4 is 20.9 Å². The van der Waals surface area contributed by atoms with Gasteiger partial charge in [0.1, 0.15) is 5.82 Å². The van der Waals surface area contributed by atoms with Gasteiger partial charge in [-0.3, -0.25) is 14.6 Å². The molecule has 0 radical (unpaired) electrons. The van der Waals surface area contributed by atoms with Crippen LogP contribution in [0.4, 0.5) is 23.0 Å². The van der Waals surface area contributed by atoms with Gasteiger partial charge in [0.25, 0.3) is 0 Å². The molecule has 2 amide bonds. The number of carbonyl (C=O) groups excluding carboxylic acids is 2. The van der Waals surface area contributed by atoms with Crippen molar-refractivity contribution in [3.05, 3.63) is 66.0 Å². The molecule has 1 aliphatic rings. The fourth-order valence-electron chi connectivity index (χ4n) is 3.62. The topological polar surface area (TPSA) is 112 Å². The number of aromatic nitrogens is 3. The summed E-state index contributed by atoms with van der Waals surface area (Å²) < 4.78 is 0. The van der Waals surface area contributed by atoms with Gasteiger partial charge in [-0.05, 0) is 61.4 Å². The predicted octanol–water partition coefficient (Wildman–Crippen LogP) is 2.81. The standard InChI is InChI=1S/C24H27N7O2/c1-16-5-6-20(12-17(16)2)31-15-18(13-23(31)32)24(33)27-11-10-26-21-7-8-22(30-29-21)28-19-4-3-9-25-14-19/h3-9,12,14,18H,10-11,13,15H2,1-2H3,(H,26,29)(H,27,33)(H,28,30)/t18-/m0/s1. The summed E-state index contributed by atoms with van der Waals surface area (Å²) in [4.78, 5) is 30.8. The summed E-state index contributed by atoms with van der Waals surface area (Å²) >= 11 is 0. The quantitative estimate of drug-likeness (QED) is 0.457. The largest absolute Gasteiger partial charge is 0.367 e. The summed E-state index contributed by atoms with van der Waals surface area (Å²) in [5.74, 6) is 0.737. The molecule has 1 saturated heterocycles. The van der Waals surface area contributed by atoms with Gasteiger partial charge in [0.2, 0.25) is 11.8 Å². The van der Waals surface area contributed by atoms with Crippen molar-refractivity contribution < 1.29 is 9.59 Å². The Balaban J connectivity index is 1.21. The van der Waals surface area contributed by atoms with E-state index in [0.29, 0.717) is 31.3 Å². The average Bonchev–Trinajstić information content (AvgIpc) is 3.22. The number of hydrogen-bond acceptors (Lipinski definition) is 7. The Morgan fingerprint density at radius 2 is 1.88 bits per heavy atom. The van der Waals surface area contributed by atoms with Crippen LogP contribution in [-0.2, 0) is 9.59 Å². The van der Waals surface area contributed by atoms with E-state index in [0.717, 1.165) is 16.9 Å². The lowest BCUT2D eigenvalue weighted by Crippen LogP contribution is -2.35. The molecule has 170 valence electrons. The van der Waals surface area contributed by atoms with Crippen molar-refractivity contribution in [3.63, 3.8) is 0 Å². The number of nitrogens with zero attached hydrogens (tertiary/aromatic N) is 4. The fourth-order valence-corrected chi connectivity index (χ4v) is 3.62. The first-order chi connectivity index (χ1) is 16.0. The molecule has 3 heterocycles. The second-order valence-corrected chi connectivity index (χ2v) is 8.06. The maximum atomic E-state index is 12.6. The van der Waals surface area contributed by atoms with E-state index in [4.69, 9.17) is 0 Å². The highest BCUT2D eigenvalue weighted by Gasteiger charge is 2.35. The van der Waals surface area contributed by atoms with Gasteiger partial charge in [-0.25, -0.2) is 0 Å². The minimum atomic E-state index is -0.350. The zero-order chi connectivity index (χ0) is 23.2. The number of pyridine rings is 1. The van der Waals surface area contributed by atoms with Gasteiger partial charge in [-0.15, -0.1) is 10.2 Å². The highest BCUT2D eigenvalue weighted by atomic mass is 16.2. The van der Waals surface area contributed by atoms with E-state index in [1.165, 1.54) is 5.56 Å². The molecular weight excluding hydrogens is 418 g/mol. The highest BCUT2D eigenvalue weighted by Crippen LogP contribution is 2.26. The average molecular weight is 446 g/mol. The molecule has 0 aliphatic carbocycles. The Hall–Kier alpha value is -4.01. The van der Waals surface area contributed by atoms with Crippen molar-refractivity contribution >= 4 is 34.8 Å². The highest BCUT2D eigenvalue weighted by molar-refractivity contribution is 6.00. The van der Waals surface area contributed by atoms with Crippen LogP contribution in [0.3, 0.4) is 0 Å². The summed E-state index contributed by atoms with van der Waals surface area (Å²) in [6, 6.07) is 13.3. The second-order valence-electron chi connectivity index (χ2n) is 8.06. The molecule has 0 bridgehead atoms. The first kappa shape index (κ1) is 22.2. The second kappa shape index (κ2) is 10.1. The normalized spacial score (nSPS) is 15.4. The fraction of sp³-hybridized carbons (Fsp3) is 0.292. The lowest BCUT2D eigenvalue weighted by molar-refractivity contribution is -0.126. The molecule has 3 aromatic rings. The molecule has 1 fully saturated rings. The molecular formula is C24H27N7O2. The van der Waals surface area contributed by atoms with Crippen LogP contribution in [0.1, 0.15) is 17.5 Å². The number of aryl methyl sites for hydroxylation is 2. The minimum absolute atomic E-state index is 0.0215. The maximum Gasteiger partial charge on any atom is 0.227 e. The number of rotatable bonds is 8. The predicted molar refractivity (Wildman–Crippen MR) is 127 cm³/mol. The van der Waals surface area contributed by atoms with E-state index in [9.17, 15) is 9.59 Å². The number of carbonyl (C=O) groups is 2. The lowest BCUT2D eigenvalue weighted by atomic mass is 10.1. The van der Waals surface area contributed by atoms with Crippen molar-refractivity contribution in [2.75, 3.05) is 35.2 Å². The lowest BCUT2D eigenvalue weighted by Gasteiger charge is -2.18. The van der Waals surface area contributed by atoms with Crippen LogP contribution in [0.25, 0.3) is 0 Å². The molecule has 33 heavy (non-hydrogen) atoms. The monoisotopic (exact) mass is 445 g/mol. The molecule has 2 aromatic heterocycles. The van der Waals surface area contributed by atoms with Gasteiger partial charge in [0, 0.05) is 37.9 Å². The van der Waals surface area contributed by atoms with E-state index in [1.54, 1.807) is 17.3 Å². The zero-order valence-corrected chi connectivity index (χ0v) is 18.7. The number of amides is 2. The van der Waals surface area contributed by atoms with Gasteiger partial charge >= 0.3 is 0 Å². The Morgan fingerprint density at radius 3 is 2.61 bits per heavy atom. The van der Waals surface area contributed by atoms with Crippen LogP contribution in [0.15, 0.2) is 54.9 Å². The van der Waals surface area contributed by atoms with E-state index in [1.807, 2.05) is 56.3 Å². The third kappa shape index (κ3) is 5.62. The van der Waals surface area contributed by atoms with Crippen molar-refractivity contribution in [3.8, 4) is 0 Å². The Labute approximate surface area is 192 Å². The molecule has 9 nitrogen and oxygen atoms in total. The van der Waals surface area contributed by atoms with Gasteiger partial charge in [0.05, 0.1) is 17.8 Å². The molecule has 4 rings (SSSR count). The smallest absolute Gasteiger partial charge is 0.227 e. The van der Waals surface area contributed by atoms with Crippen LogP contribution in [0.5, 0.6) is 0 Å². The molecule has 1 atom stereocenters. The molecule has 1 aromatic carbocycles. The molecule has 9 heteroatoms. The van der Waals surface area contributed by atoms with Crippen molar-refractivity contribution in [1.82, 2.24) is 20.5 Å². The molecule has 0 saturated carbocycles. The summed E-state index contributed by atoms with van der Waals surface area (Å²) in [6.07, 6.45) is 3.63. The Kier molecular flexibility index (Phi) is 6.77. The summed E-state index contributed by atoms with van der Waals surface area (Å²) in [5.41, 5.74) is 3.98. The molecule has 0 spiro atoms. The van der Waals surface area contributed by atoms with Crippen molar-refractivity contribution in [1.29, 1.82) is 0 Å². The van der Waals surface area contributed by atoms with E-state index < -0.39 is 0 Å². The van der Waals surface area contributed by atoms with Gasteiger partial charge in [0.15, 0.2) is 5.82 Å². The Morgan fingerprint density at radius 1 is 1.06 bits per heavy atom. The van der Waals surface area contributed by atoms with Crippen molar-refractivity contribution in [2.24, 2.45) is 5.92 Å². The van der Waals surface area contributed by atoms with Crippen molar-refractivity contribution in [2.45, 2.75) is 20.3 Å². The SMILES string of the molecule is Cc1ccc(N2C[C@@H](C(=O)NCCNc3ccc(Nc4cccnc4)nn3)CC2=O)cc1C. The number of hydrogen-bond donors (Lipinski definition) is 3. The summed E-state index contributed by atoms with van der Waals surface area (Å²) in [6.45, 7) is 5.37. The van der Waals surface area contributed by atoms with Gasteiger partial charge in [-0.2, -0.15) is 0 Å². The zero-order valence-electron chi connectivity index (χ0n) is 18.7. The first-order valence-corrected chi connectivity index (χ1v) is 10.9. The van der Waals surface area contributed by atoms with E-state index >= 15 is 0 Å². The summed E-state index contributed by atoms with van der Waals surface area (Å²) in [5, 5.41) is 17.4. The maximum absolute atomic E-state index is 12.6. The van der Waals surface area contributed by atoms with Gasteiger partial charge < -0.3 is 20.9 Å². The van der Waals surface area contributed by atoms with Crippen LogP contribution in [0, 0.1) is 19.8 Å². The minimum Gasteiger partial charge on any atom is -0.367 e. The van der Waals surface area contributed by atoms with E-state index in [-0.39, 0.29) is 24.2 Å². The van der Waals surface area contributed by atoms with E-state index in [2.05, 4.69) is 31.1 Å². The number of anilines is 4. The third-order valence-corrected chi connectivity index (χ3v) is 5.63. The number of benzene rings is 1. The van der Waals surface area contributed by atoms with Crippen LogP contribution in [0.2, 0.25) is 0 Å². The van der Waals surface area contributed by atoms with Crippen LogP contribution >= 0.6 is 0 Å². The number of nitrogens with one attached hydrogen (secondary N) is 3. The summed E-state index contributed by atoms with van der Waals surface area (Å²) in [7, 11) is 0. The third-order valence-electron chi connectivity index (χ3n) is 5.63. The molecule has 1 aliphatic heterocycles. The Bertz CT molecular complexity index is 1120. The van der Waals surface area contributed by atoms with Gasteiger partial charge in [-0.1, -0.05) is 6.07 Å². The molecule has 0 unspecified atom stereocenters. The molecule has 3 N–H and O–H groups in total. The van der Waals surface area contributed by atoms with Crippen LogP contribution in [-0.4, -0.2) is 46.6 Å².